The Kier molecular flexibility index (Phi) is 9.79. The van der Waals surface area contributed by atoms with Gasteiger partial charge in [0.15, 0.2) is 0 Å². The van der Waals surface area contributed by atoms with E-state index in [2.05, 4.69) is 243 Å². The van der Waals surface area contributed by atoms with Gasteiger partial charge in [0.2, 0.25) is 0 Å². The van der Waals surface area contributed by atoms with Crippen LogP contribution in [0.15, 0.2) is 237 Å². The molecule has 0 saturated carbocycles. The molecule has 320 valence electrons. The zero-order valence-electron chi connectivity index (χ0n) is 37.6. The van der Waals surface area contributed by atoms with Crippen LogP contribution >= 0.6 is 0 Å². The summed E-state index contributed by atoms with van der Waals surface area (Å²) in [5, 5.41) is 12.8. The second-order valence-electron chi connectivity index (χ2n) is 18.3. The van der Waals surface area contributed by atoms with Crippen LogP contribution in [0.1, 0.15) is 28.7 Å². The molecule has 1 heteroatoms. The highest BCUT2D eigenvalue weighted by atomic mass is 16.5. The van der Waals surface area contributed by atoms with Crippen LogP contribution in [-0.2, 0) is 12.8 Å². The van der Waals surface area contributed by atoms with Gasteiger partial charge >= 0.3 is 0 Å². The van der Waals surface area contributed by atoms with E-state index in [1.165, 1.54) is 92.8 Å². The highest BCUT2D eigenvalue weighted by Gasteiger charge is 2.17. The molecule has 1 aliphatic rings. The Hall–Kier alpha value is -8.52. The zero-order chi connectivity index (χ0) is 45.0. The van der Waals surface area contributed by atoms with Crippen LogP contribution in [0.3, 0.4) is 0 Å². The SMILES string of the molecule is C1=Cc2c(ccc3c4ccccc4c4cc(-c5ccc6cc(-c7ccc(-c8ccc9c(Cc%10ccccc%10)cccc9c8)cc7Oc7ccc(-c8ccccc8)cc7)ccc6c5)ccc4c23)CC1. The molecule has 0 fully saturated rings. The number of hydrogen-bond donors (Lipinski definition) is 0. The predicted molar refractivity (Wildman–Crippen MR) is 289 cm³/mol. The molecule has 0 N–H and O–H groups in total. The second-order valence-corrected chi connectivity index (χ2v) is 18.3. The summed E-state index contributed by atoms with van der Waals surface area (Å²) in [5.74, 6) is 1.61. The van der Waals surface area contributed by atoms with Gasteiger partial charge < -0.3 is 4.74 Å². The maximum Gasteiger partial charge on any atom is 0.135 e. The monoisotopic (exact) mass is 866 g/mol. The molecule has 0 aliphatic heterocycles. The lowest BCUT2D eigenvalue weighted by Gasteiger charge is -2.18. The van der Waals surface area contributed by atoms with E-state index in [-0.39, 0.29) is 0 Å². The first kappa shape index (κ1) is 39.8. The molecule has 0 bridgehead atoms. The number of hydrogen-bond acceptors (Lipinski definition) is 1. The molecule has 13 rings (SSSR count). The van der Waals surface area contributed by atoms with Crippen molar-refractivity contribution in [1.29, 1.82) is 0 Å². The lowest BCUT2D eigenvalue weighted by Crippen LogP contribution is -1.96. The van der Waals surface area contributed by atoms with Gasteiger partial charge in [0.05, 0.1) is 0 Å². The Bertz CT molecular complexity index is 3940. The van der Waals surface area contributed by atoms with Gasteiger partial charge in [-0.15, -0.1) is 0 Å². The summed E-state index contributed by atoms with van der Waals surface area (Å²) in [4.78, 5) is 0. The summed E-state index contributed by atoms with van der Waals surface area (Å²) in [6.45, 7) is 0. The van der Waals surface area contributed by atoms with Gasteiger partial charge in [-0.25, -0.2) is 0 Å². The Morgan fingerprint density at radius 2 is 0.956 bits per heavy atom. The van der Waals surface area contributed by atoms with Crippen molar-refractivity contribution in [3.8, 4) is 56.0 Å². The van der Waals surface area contributed by atoms with Crippen LogP contribution in [-0.4, -0.2) is 0 Å². The smallest absolute Gasteiger partial charge is 0.135 e. The molecular formula is C67H46O. The maximum absolute atomic E-state index is 6.90. The molecule has 0 saturated heterocycles. The van der Waals surface area contributed by atoms with E-state index in [0.29, 0.717) is 0 Å². The van der Waals surface area contributed by atoms with Crippen LogP contribution in [0.4, 0.5) is 0 Å². The molecular weight excluding hydrogens is 821 g/mol. The summed E-state index contributed by atoms with van der Waals surface area (Å²) in [7, 11) is 0. The van der Waals surface area contributed by atoms with Crippen molar-refractivity contribution in [2.24, 2.45) is 0 Å². The quantitative estimate of drug-likeness (QED) is 0.138. The number of benzene rings is 12. The number of fused-ring (bicyclic) bond motifs is 10. The van der Waals surface area contributed by atoms with Gasteiger partial charge in [-0.1, -0.05) is 200 Å². The van der Waals surface area contributed by atoms with E-state index >= 15 is 0 Å². The molecule has 0 unspecified atom stereocenters. The van der Waals surface area contributed by atoms with Crippen LogP contribution in [0.5, 0.6) is 11.5 Å². The van der Waals surface area contributed by atoms with Crippen molar-refractivity contribution in [3.05, 3.63) is 259 Å². The molecule has 0 aromatic heterocycles. The fourth-order valence-electron chi connectivity index (χ4n) is 10.7. The van der Waals surface area contributed by atoms with E-state index in [9.17, 15) is 0 Å². The standard InChI is InChI=1S/C67H46O/c1-3-12-44(13-4-1)38-54-17-11-18-55-40-51(29-34-58(54)55)53-30-35-59(66(43-53)68-57-32-26-46(27-33-57)45-14-5-2-6-15-45)56-25-24-48-39-49(22-23-50(48)41-56)52-31-37-64-65(42-52)62-21-10-9-20-61(62)63-36-28-47-16-7-8-19-60(47)67(63)64/h1-6,8-15,17-37,39-43H,7,16,38H2. The van der Waals surface area contributed by atoms with Crippen LogP contribution in [0.25, 0.3) is 104 Å². The third-order valence-corrected chi connectivity index (χ3v) is 14.2. The third kappa shape index (κ3) is 7.21. The van der Waals surface area contributed by atoms with E-state index in [0.717, 1.165) is 58.6 Å². The van der Waals surface area contributed by atoms with Gasteiger partial charge in [-0.2, -0.15) is 0 Å². The van der Waals surface area contributed by atoms with Crippen molar-refractivity contribution >= 4 is 59.9 Å². The Balaban J connectivity index is 0.873. The van der Waals surface area contributed by atoms with Crippen molar-refractivity contribution in [2.45, 2.75) is 19.3 Å². The molecule has 12 aromatic carbocycles. The zero-order valence-corrected chi connectivity index (χ0v) is 37.6. The lowest BCUT2D eigenvalue weighted by molar-refractivity contribution is 0.485. The second kappa shape index (κ2) is 16.7. The molecule has 0 amide bonds. The summed E-state index contributed by atoms with van der Waals surface area (Å²) in [6, 6.07) is 84.2. The van der Waals surface area contributed by atoms with Gasteiger partial charge in [0.25, 0.3) is 0 Å². The average Bonchev–Trinajstić information content (AvgIpc) is 3.41. The molecule has 12 aromatic rings. The Labute approximate surface area is 396 Å². The minimum Gasteiger partial charge on any atom is -0.457 e. The minimum absolute atomic E-state index is 0.796. The minimum atomic E-state index is 0.796. The molecule has 68 heavy (non-hydrogen) atoms. The molecule has 0 atom stereocenters. The number of rotatable bonds is 8. The normalized spacial score (nSPS) is 12.3. The van der Waals surface area contributed by atoms with Gasteiger partial charge in [0.1, 0.15) is 11.5 Å². The third-order valence-electron chi connectivity index (χ3n) is 14.2. The number of allylic oxidation sites excluding steroid dienone is 1. The molecule has 0 heterocycles. The lowest BCUT2D eigenvalue weighted by atomic mass is 9.86. The molecule has 0 radical (unpaired) electrons. The Morgan fingerprint density at radius 1 is 0.368 bits per heavy atom. The van der Waals surface area contributed by atoms with Crippen LogP contribution < -0.4 is 4.74 Å². The number of ether oxygens (including phenoxy) is 1. The fraction of sp³-hybridized carbons (Fsp3) is 0.0448. The fourth-order valence-corrected chi connectivity index (χ4v) is 10.7. The highest BCUT2D eigenvalue weighted by molar-refractivity contribution is 6.27. The Morgan fingerprint density at radius 3 is 1.76 bits per heavy atom. The maximum atomic E-state index is 6.90. The molecule has 0 spiro atoms. The van der Waals surface area contributed by atoms with Crippen LogP contribution in [0.2, 0.25) is 0 Å². The first-order valence-electron chi connectivity index (χ1n) is 23.8. The number of aryl methyl sites for hydroxylation is 1. The summed E-state index contributed by atoms with van der Waals surface area (Å²) >= 11 is 0. The van der Waals surface area contributed by atoms with E-state index < -0.39 is 0 Å². The first-order valence-corrected chi connectivity index (χ1v) is 23.8. The van der Waals surface area contributed by atoms with Crippen molar-refractivity contribution in [1.82, 2.24) is 0 Å². The topological polar surface area (TPSA) is 9.23 Å². The predicted octanol–water partition coefficient (Wildman–Crippen LogP) is 18.5. The summed E-state index contributed by atoms with van der Waals surface area (Å²) in [5.41, 5.74) is 14.7. The molecule has 1 nitrogen and oxygen atoms in total. The van der Waals surface area contributed by atoms with E-state index in [1.54, 1.807) is 0 Å². The first-order chi connectivity index (χ1) is 33.7. The van der Waals surface area contributed by atoms with Crippen LogP contribution in [0, 0.1) is 0 Å². The average molecular weight is 867 g/mol. The van der Waals surface area contributed by atoms with Gasteiger partial charge in [0, 0.05) is 5.56 Å². The van der Waals surface area contributed by atoms with Crippen molar-refractivity contribution in [3.63, 3.8) is 0 Å². The van der Waals surface area contributed by atoms with Crippen molar-refractivity contribution in [2.75, 3.05) is 0 Å². The van der Waals surface area contributed by atoms with Gasteiger partial charge in [-0.3, -0.25) is 0 Å². The van der Waals surface area contributed by atoms with Gasteiger partial charge in [-0.05, 0) is 177 Å². The summed E-state index contributed by atoms with van der Waals surface area (Å²) < 4.78 is 6.90. The molecule has 1 aliphatic carbocycles. The van der Waals surface area contributed by atoms with E-state index in [1.807, 2.05) is 0 Å². The largest absolute Gasteiger partial charge is 0.457 e. The van der Waals surface area contributed by atoms with Crippen molar-refractivity contribution < 1.29 is 4.74 Å². The van der Waals surface area contributed by atoms with E-state index in [4.69, 9.17) is 4.74 Å². The summed E-state index contributed by atoms with van der Waals surface area (Å²) in [6.07, 6.45) is 7.78. The highest BCUT2D eigenvalue weighted by Crippen LogP contribution is 2.43.